The summed E-state index contributed by atoms with van der Waals surface area (Å²) >= 11 is 0. The van der Waals surface area contributed by atoms with Crippen LogP contribution in [0.1, 0.15) is 12.6 Å². The van der Waals surface area contributed by atoms with E-state index in [1.54, 1.807) is 0 Å². The first-order chi connectivity index (χ1) is 8.58. The van der Waals surface area contributed by atoms with Gasteiger partial charge in [0.25, 0.3) is 5.88 Å². The van der Waals surface area contributed by atoms with Gasteiger partial charge < -0.3 is 26.1 Å². The predicted octanol–water partition coefficient (Wildman–Crippen LogP) is -1.96. The number of aliphatic hydroxyl groups excluding tert-OH is 1. The maximum absolute atomic E-state index is 10.8. The number of hydrogen-bond donors (Lipinski definition) is 4. The van der Waals surface area contributed by atoms with Crippen molar-refractivity contribution in [2.45, 2.75) is 13.0 Å². The molecule has 100 valence electrons. The van der Waals surface area contributed by atoms with Crippen LogP contribution < -0.4 is 15.8 Å². The van der Waals surface area contributed by atoms with E-state index >= 15 is 0 Å². The number of carbonyl (C=O) groups excluding carboxylic acids is 1. The average molecular weight is 259 g/mol. The van der Waals surface area contributed by atoms with Crippen LogP contribution in [0.3, 0.4) is 0 Å². The molecule has 0 bridgehead atoms. The van der Waals surface area contributed by atoms with Crippen LogP contribution in [0.15, 0.2) is 9.78 Å². The van der Waals surface area contributed by atoms with Crippen LogP contribution in [0, 0.1) is 0 Å². The van der Waals surface area contributed by atoms with Crippen LogP contribution in [-0.4, -0.2) is 51.6 Å². The zero-order valence-electron chi connectivity index (χ0n) is 9.53. The van der Waals surface area contributed by atoms with E-state index < -0.39 is 6.04 Å². The molecule has 0 aromatic carbocycles. The highest BCUT2D eigenvalue weighted by atomic mass is 16.6. The van der Waals surface area contributed by atoms with Gasteiger partial charge in [0.1, 0.15) is 6.61 Å². The SMILES string of the molecule is CC(=O)N[C@H](CO)COc1nonc1/C(N)=N/O. The van der Waals surface area contributed by atoms with Crippen molar-refractivity contribution in [1.29, 1.82) is 0 Å². The topological polar surface area (TPSA) is 156 Å². The maximum atomic E-state index is 10.8. The molecule has 1 heterocycles. The number of amides is 1. The molecule has 0 aliphatic carbocycles. The van der Waals surface area contributed by atoms with Gasteiger partial charge in [-0.2, -0.15) is 0 Å². The first-order valence-corrected chi connectivity index (χ1v) is 4.89. The van der Waals surface area contributed by atoms with E-state index in [2.05, 4.69) is 25.4 Å². The molecule has 0 fully saturated rings. The zero-order valence-corrected chi connectivity index (χ0v) is 9.53. The first kappa shape index (κ1) is 13.7. The van der Waals surface area contributed by atoms with Gasteiger partial charge in [-0.15, -0.1) is 0 Å². The van der Waals surface area contributed by atoms with E-state index in [0.29, 0.717) is 0 Å². The Morgan fingerprint density at radius 2 is 2.39 bits per heavy atom. The molecule has 0 saturated carbocycles. The van der Waals surface area contributed by atoms with E-state index in [4.69, 9.17) is 20.8 Å². The van der Waals surface area contributed by atoms with Gasteiger partial charge in [-0.3, -0.25) is 4.79 Å². The lowest BCUT2D eigenvalue weighted by molar-refractivity contribution is -0.120. The molecule has 0 aliphatic heterocycles. The fraction of sp³-hybridized carbons (Fsp3) is 0.500. The molecule has 0 spiro atoms. The van der Waals surface area contributed by atoms with E-state index in [1.807, 2.05) is 0 Å². The summed E-state index contributed by atoms with van der Waals surface area (Å²) in [7, 11) is 0. The minimum atomic E-state index is -0.612. The molecular weight excluding hydrogens is 246 g/mol. The van der Waals surface area contributed by atoms with Gasteiger partial charge in [0, 0.05) is 6.92 Å². The molecule has 1 rings (SSSR count). The third kappa shape index (κ3) is 3.59. The highest BCUT2D eigenvalue weighted by molar-refractivity contribution is 5.96. The molecule has 1 atom stereocenters. The summed E-state index contributed by atoms with van der Waals surface area (Å²) in [5, 5.41) is 29.4. The number of oxime groups is 1. The second-order valence-corrected chi connectivity index (χ2v) is 3.29. The molecule has 5 N–H and O–H groups in total. The normalized spacial score (nSPS) is 13.1. The van der Waals surface area contributed by atoms with Crippen LogP contribution in [0.5, 0.6) is 5.88 Å². The summed E-state index contributed by atoms with van der Waals surface area (Å²) in [6.07, 6.45) is 0. The molecule has 10 nitrogen and oxygen atoms in total. The van der Waals surface area contributed by atoms with Crippen molar-refractivity contribution in [3.8, 4) is 5.88 Å². The second kappa shape index (κ2) is 6.39. The predicted molar refractivity (Wildman–Crippen MR) is 57.0 cm³/mol. The van der Waals surface area contributed by atoms with Crippen molar-refractivity contribution in [2.24, 2.45) is 10.9 Å². The smallest absolute Gasteiger partial charge is 0.287 e. The lowest BCUT2D eigenvalue weighted by Crippen LogP contribution is -2.40. The number of aliphatic hydroxyl groups is 1. The number of aromatic nitrogens is 2. The average Bonchev–Trinajstić information content (AvgIpc) is 2.81. The molecule has 0 unspecified atom stereocenters. The van der Waals surface area contributed by atoms with Crippen molar-refractivity contribution in [1.82, 2.24) is 15.6 Å². The van der Waals surface area contributed by atoms with Crippen LogP contribution in [0.4, 0.5) is 0 Å². The van der Waals surface area contributed by atoms with Crippen molar-refractivity contribution < 1.29 is 24.5 Å². The van der Waals surface area contributed by atoms with Crippen LogP contribution in [0.25, 0.3) is 0 Å². The third-order valence-corrected chi connectivity index (χ3v) is 1.86. The van der Waals surface area contributed by atoms with Crippen LogP contribution in [-0.2, 0) is 4.79 Å². The van der Waals surface area contributed by atoms with E-state index in [-0.39, 0.29) is 36.5 Å². The Hall–Kier alpha value is -2.36. The highest BCUT2D eigenvalue weighted by Crippen LogP contribution is 2.12. The Kier molecular flexibility index (Phi) is 4.87. The maximum Gasteiger partial charge on any atom is 0.287 e. The molecule has 1 aromatic heterocycles. The fourth-order valence-corrected chi connectivity index (χ4v) is 1.09. The quantitative estimate of drug-likeness (QED) is 0.198. The van der Waals surface area contributed by atoms with Gasteiger partial charge in [0.2, 0.25) is 11.6 Å². The Labute approximate surface area is 101 Å². The van der Waals surface area contributed by atoms with Gasteiger partial charge in [0.15, 0.2) is 5.84 Å². The molecule has 1 aromatic rings. The molecule has 0 radical (unpaired) electrons. The number of nitrogens with zero attached hydrogens (tertiary/aromatic N) is 3. The van der Waals surface area contributed by atoms with Gasteiger partial charge in [-0.05, 0) is 10.3 Å². The number of rotatable bonds is 6. The van der Waals surface area contributed by atoms with Crippen LogP contribution >= 0.6 is 0 Å². The molecule has 1 amide bonds. The van der Waals surface area contributed by atoms with E-state index in [1.165, 1.54) is 6.92 Å². The van der Waals surface area contributed by atoms with Crippen molar-refractivity contribution >= 4 is 11.7 Å². The molecule has 10 heteroatoms. The van der Waals surface area contributed by atoms with Gasteiger partial charge in [-0.25, -0.2) is 4.63 Å². The molecule has 0 saturated heterocycles. The van der Waals surface area contributed by atoms with E-state index in [9.17, 15) is 4.79 Å². The first-order valence-electron chi connectivity index (χ1n) is 4.89. The van der Waals surface area contributed by atoms with Gasteiger partial charge in [-0.1, -0.05) is 5.16 Å². The number of amidine groups is 1. The van der Waals surface area contributed by atoms with Crippen LogP contribution in [0.2, 0.25) is 0 Å². The number of nitrogens with one attached hydrogen (secondary N) is 1. The van der Waals surface area contributed by atoms with Crippen molar-refractivity contribution in [2.75, 3.05) is 13.2 Å². The van der Waals surface area contributed by atoms with Gasteiger partial charge in [0.05, 0.1) is 12.6 Å². The number of nitrogens with two attached hydrogens (primary N) is 1. The fourth-order valence-electron chi connectivity index (χ4n) is 1.09. The Morgan fingerprint density at radius 1 is 1.67 bits per heavy atom. The lowest BCUT2D eigenvalue weighted by atomic mass is 10.3. The summed E-state index contributed by atoms with van der Waals surface area (Å²) in [5.74, 6) is -0.743. The largest absolute Gasteiger partial charge is 0.472 e. The minimum Gasteiger partial charge on any atom is -0.472 e. The molecule has 0 aliphatic rings. The summed E-state index contributed by atoms with van der Waals surface area (Å²) in [6, 6.07) is -0.612. The third-order valence-electron chi connectivity index (χ3n) is 1.86. The summed E-state index contributed by atoms with van der Waals surface area (Å²) in [4.78, 5) is 10.8. The summed E-state index contributed by atoms with van der Waals surface area (Å²) < 4.78 is 9.51. The lowest BCUT2D eigenvalue weighted by Gasteiger charge is -2.14. The summed E-state index contributed by atoms with van der Waals surface area (Å²) in [6.45, 7) is 0.919. The standard InChI is InChI=1S/C8H13N5O5/c1-4(15)10-5(2-14)3-17-8-6(7(9)11-16)12-18-13-8/h5,14,16H,2-3H2,1H3,(H2,9,11)(H,10,15)/t5-/m1/s1. The number of carbonyl (C=O) groups is 1. The number of ether oxygens (including phenoxy) is 1. The van der Waals surface area contributed by atoms with Gasteiger partial charge >= 0.3 is 0 Å². The Morgan fingerprint density at radius 3 is 2.94 bits per heavy atom. The Balaban J connectivity index is 2.62. The number of hydrogen-bond acceptors (Lipinski definition) is 8. The monoisotopic (exact) mass is 259 g/mol. The Bertz CT molecular complexity index is 431. The second-order valence-electron chi connectivity index (χ2n) is 3.29. The molecular formula is C8H13N5O5. The van der Waals surface area contributed by atoms with Crippen molar-refractivity contribution in [3.05, 3.63) is 5.69 Å². The van der Waals surface area contributed by atoms with E-state index in [0.717, 1.165) is 0 Å². The minimum absolute atomic E-state index is 0.0722. The summed E-state index contributed by atoms with van der Waals surface area (Å²) in [5.41, 5.74) is 5.23. The van der Waals surface area contributed by atoms with Crippen molar-refractivity contribution in [3.63, 3.8) is 0 Å². The molecule has 18 heavy (non-hydrogen) atoms. The zero-order chi connectivity index (χ0) is 13.5. The highest BCUT2D eigenvalue weighted by Gasteiger charge is 2.18.